The minimum absolute atomic E-state index is 0.0769. The van der Waals surface area contributed by atoms with Crippen LogP contribution in [0.25, 0.3) is 0 Å². The van der Waals surface area contributed by atoms with Gasteiger partial charge in [-0.15, -0.1) is 0 Å². The van der Waals surface area contributed by atoms with Crippen LogP contribution in [0, 0.1) is 11.6 Å². The van der Waals surface area contributed by atoms with Gasteiger partial charge in [-0.3, -0.25) is 9.78 Å². The van der Waals surface area contributed by atoms with Gasteiger partial charge in [-0.25, -0.2) is 14.2 Å². The number of hydrazone groups is 1. The molecule has 0 spiro atoms. The molecule has 0 unspecified atom stereocenters. The fourth-order valence-corrected chi connectivity index (χ4v) is 1.71. The molecule has 4 nitrogen and oxygen atoms in total. The zero-order valence-electron chi connectivity index (χ0n) is 10.9. The predicted octanol–water partition coefficient (Wildman–Crippen LogP) is 3.17. The summed E-state index contributed by atoms with van der Waals surface area (Å²) in [5.41, 5.74) is 2.65. The molecule has 0 atom stereocenters. The van der Waals surface area contributed by atoms with Gasteiger partial charge in [0.05, 0.1) is 10.7 Å². The number of amides is 1. The van der Waals surface area contributed by atoms with Crippen molar-refractivity contribution in [2.45, 2.75) is 6.92 Å². The Morgan fingerprint density at radius 2 is 1.90 bits per heavy atom. The third-order valence-electron chi connectivity index (χ3n) is 2.67. The first-order chi connectivity index (χ1) is 9.99. The molecule has 1 amide bonds. The fraction of sp³-hybridized carbons (Fsp3) is 0.0714. The van der Waals surface area contributed by atoms with Crippen LogP contribution in [-0.2, 0) is 0 Å². The number of nitrogens with zero attached hydrogens (tertiary/aromatic N) is 2. The van der Waals surface area contributed by atoms with Crippen molar-refractivity contribution >= 4 is 23.2 Å². The first-order valence-electron chi connectivity index (χ1n) is 5.88. The number of hydrogen-bond acceptors (Lipinski definition) is 3. The topological polar surface area (TPSA) is 54.4 Å². The highest BCUT2D eigenvalue weighted by Gasteiger charge is 2.11. The Morgan fingerprint density at radius 3 is 2.57 bits per heavy atom. The van der Waals surface area contributed by atoms with E-state index in [0.29, 0.717) is 5.56 Å². The summed E-state index contributed by atoms with van der Waals surface area (Å²) in [6.07, 6.45) is 2.92. The molecule has 0 bridgehead atoms. The molecule has 0 saturated heterocycles. The number of carbonyl (C=O) groups is 1. The Labute approximate surface area is 124 Å². The zero-order chi connectivity index (χ0) is 15.4. The molecule has 108 valence electrons. The van der Waals surface area contributed by atoms with Gasteiger partial charge in [-0.05, 0) is 31.2 Å². The van der Waals surface area contributed by atoms with Crippen LogP contribution >= 0.6 is 11.6 Å². The molecule has 2 rings (SSSR count). The van der Waals surface area contributed by atoms with Crippen molar-refractivity contribution in [1.82, 2.24) is 10.4 Å². The molecule has 2 aromatic rings. The first kappa shape index (κ1) is 15.1. The zero-order valence-corrected chi connectivity index (χ0v) is 11.7. The Kier molecular flexibility index (Phi) is 4.59. The molecular formula is C14H10ClF2N3O. The maximum atomic E-state index is 13.7. The second-order valence-corrected chi connectivity index (χ2v) is 4.53. The number of carbonyl (C=O) groups excluding carboxylic acids is 1. The summed E-state index contributed by atoms with van der Waals surface area (Å²) in [7, 11) is 0. The molecule has 7 heteroatoms. The first-order valence-corrected chi connectivity index (χ1v) is 6.26. The normalized spacial score (nSPS) is 11.3. The summed E-state index contributed by atoms with van der Waals surface area (Å²) in [6.45, 7) is 1.44. The van der Waals surface area contributed by atoms with E-state index in [9.17, 15) is 13.6 Å². The minimum atomic E-state index is -0.761. The average molecular weight is 310 g/mol. The third-order valence-corrected chi connectivity index (χ3v) is 2.96. The van der Waals surface area contributed by atoms with Crippen molar-refractivity contribution < 1.29 is 13.6 Å². The number of aromatic nitrogens is 1. The Balaban J connectivity index is 2.19. The molecule has 1 heterocycles. The molecule has 0 aliphatic carbocycles. The lowest BCUT2D eigenvalue weighted by molar-refractivity contribution is 0.0954. The van der Waals surface area contributed by atoms with Crippen molar-refractivity contribution in [3.63, 3.8) is 0 Å². The number of benzene rings is 1. The van der Waals surface area contributed by atoms with Crippen LogP contribution in [0.3, 0.4) is 0 Å². The number of rotatable bonds is 3. The van der Waals surface area contributed by atoms with Gasteiger partial charge >= 0.3 is 0 Å². The molecule has 21 heavy (non-hydrogen) atoms. The van der Waals surface area contributed by atoms with Gasteiger partial charge in [0.15, 0.2) is 0 Å². The van der Waals surface area contributed by atoms with E-state index >= 15 is 0 Å². The summed E-state index contributed by atoms with van der Waals surface area (Å²) < 4.78 is 27.0. The summed E-state index contributed by atoms with van der Waals surface area (Å²) in [5, 5.41) is 3.43. The van der Waals surface area contributed by atoms with Gasteiger partial charge < -0.3 is 0 Å². The van der Waals surface area contributed by atoms with Crippen LogP contribution in [0.15, 0.2) is 41.8 Å². The lowest BCUT2D eigenvalue weighted by Crippen LogP contribution is -2.19. The molecule has 1 aromatic heterocycles. The van der Waals surface area contributed by atoms with Gasteiger partial charge in [0.2, 0.25) is 0 Å². The summed E-state index contributed by atoms with van der Waals surface area (Å²) >= 11 is 5.47. The monoisotopic (exact) mass is 309 g/mol. The van der Waals surface area contributed by atoms with E-state index in [-0.39, 0.29) is 16.3 Å². The van der Waals surface area contributed by atoms with Crippen molar-refractivity contribution in [3.05, 3.63) is 64.4 Å². The van der Waals surface area contributed by atoms with Crippen LogP contribution < -0.4 is 5.43 Å². The highest BCUT2D eigenvalue weighted by molar-refractivity contribution is 6.30. The minimum Gasteiger partial charge on any atom is -0.267 e. The number of nitrogens with one attached hydrogen (secondary N) is 1. The fourth-order valence-electron chi connectivity index (χ4n) is 1.56. The lowest BCUT2D eigenvalue weighted by Gasteiger charge is -2.05. The van der Waals surface area contributed by atoms with E-state index in [1.165, 1.54) is 31.5 Å². The molecule has 1 aromatic carbocycles. The highest BCUT2D eigenvalue weighted by Crippen LogP contribution is 2.19. The highest BCUT2D eigenvalue weighted by atomic mass is 35.5. The van der Waals surface area contributed by atoms with E-state index in [4.69, 9.17) is 11.6 Å². The van der Waals surface area contributed by atoms with Crippen LogP contribution in [-0.4, -0.2) is 16.6 Å². The standard InChI is InChI=1S/C14H10ClF2N3O/c1-8(10-6-13(17)11(15)7-12(10)16)19-20-14(21)9-2-4-18-5-3-9/h2-7H,1H3,(H,20,21). The molecule has 0 saturated carbocycles. The van der Waals surface area contributed by atoms with Crippen molar-refractivity contribution in [2.24, 2.45) is 5.10 Å². The number of hydrogen-bond donors (Lipinski definition) is 1. The maximum absolute atomic E-state index is 13.7. The number of halogens is 3. The Morgan fingerprint density at radius 1 is 1.24 bits per heavy atom. The van der Waals surface area contributed by atoms with Gasteiger partial charge in [0, 0.05) is 23.5 Å². The van der Waals surface area contributed by atoms with Gasteiger partial charge in [0.25, 0.3) is 5.91 Å². The van der Waals surface area contributed by atoms with E-state index in [0.717, 1.165) is 12.1 Å². The quantitative estimate of drug-likeness (QED) is 0.538. The van der Waals surface area contributed by atoms with Crippen LogP contribution in [0.4, 0.5) is 8.78 Å². The van der Waals surface area contributed by atoms with Crippen LogP contribution in [0.2, 0.25) is 5.02 Å². The van der Waals surface area contributed by atoms with Crippen LogP contribution in [0.1, 0.15) is 22.8 Å². The molecule has 1 N–H and O–H groups in total. The summed E-state index contributed by atoms with van der Waals surface area (Å²) in [6, 6.07) is 4.79. The van der Waals surface area contributed by atoms with Gasteiger partial charge in [0.1, 0.15) is 11.6 Å². The predicted molar refractivity (Wildman–Crippen MR) is 75.3 cm³/mol. The average Bonchev–Trinajstić information content (AvgIpc) is 2.49. The molecule has 0 fully saturated rings. The molecule has 0 aliphatic rings. The summed E-state index contributed by atoms with van der Waals surface area (Å²) in [4.78, 5) is 15.5. The molecule has 0 radical (unpaired) electrons. The maximum Gasteiger partial charge on any atom is 0.271 e. The van der Waals surface area contributed by atoms with Crippen molar-refractivity contribution in [2.75, 3.05) is 0 Å². The second-order valence-electron chi connectivity index (χ2n) is 4.12. The van der Waals surface area contributed by atoms with Crippen molar-refractivity contribution in [3.8, 4) is 0 Å². The largest absolute Gasteiger partial charge is 0.271 e. The third kappa shape index (κ3) is 3.61. The Bertz CT molecular complexity index is 705. The molecule has 0 aliphatic heterocycles. The molecular weight excluding hydrogens is 300 g/mol. The van der Waals surface area contributed by atoms with Crippen molar-refractivity contribution in [1.29, 1.82) is 0 Å². The van der Waals surface area contributed by atoms with E-state index in [1.807, 2.05) is 0 Å². The lowest BCUT2D eigenvalue weighted by atomic mass is 10.1. The number of pyridine rings is 1. The van der Waals surface area contributed by atoms with Gasteiger partial charge in [-0.2, -0.15) is 5.10 Å². The summed E-state index contributed by atoms with van der Waals surface area (Å²) in [5.74, 6) is -1.96. The second kappa shape index (κ2) is 6.41. The van der Waals surface area contributed by atoms with E-state index < -0.39 is 17.5 Å². The Hall–Kier alpha value is -2.34. The van der Waals surface area contributed by atoms with E-state index in [1.54, 1.807) is 0 Å². The van der Waals surface area contributed by atoms with E-state index in [2.05, 4.69) is 15.5 Å². The smallest absolute Gasteiger partial charge is 0.267 e. The SMILES string of the molecule is CC(=NNC(=O)c1ccncc1)c1cc(F)c(Cl)cc1F. The van der Waals surface area contributed by atoms with Gasteiger partial charge in [-0.1, -0.05) is 11.6 Å². The van der Waals surface area contributed by atoms with Crippen LogP contribution in [0.5, 0.6) is 0 Å².